The average Bonchev–Trinajstić information content (AvgIpc) is 3.01. The molecule has 4 rings (SSSR count). The predicted octanol–water partition coefficient (Wildman–Crippen LogP) is 5.01. The minimum atomic E-state index is -0.240. The van der Waals surface area contributed by atoms with Gasteiger partial charge in [-0.05, 0) is 31.5 Å². The first-order chi connectivity index (χ1) is 14.5. The molecule has 0 atom stereocenters. The lowest BCUT2D eigenvalue weighted by molar-refractivity contribution is 0.102. The Morgan fingerprint density at radius 1 is 1.13 bits per heavy atom. The number of benzene rings is 2. The van der Waals surface area contributed by atoms with Gasteiger partial charge in [0, 0.05) is 16.5 Å². The summed E-state index contributed by atoms with van der Waals surface area (Å²) in [7, 11) is 1.53. The summed E-state index contributed by atoms with van der Waals surface area (Å²) in [5.74, 6) is 0.150. The van der Waals surface area contributed by atoms with E-state index in [0.717, 1.165) is 22.3 Å². The van der Waals surface area contributed by atoms with E-state index in [0.29, 0.717) is 34.2 Å². The summed E-state index contributed by atoms with van der Waals surface area (Å²) in [4.78, 5) is 17.6. The van der Waals surface area contributed by atoms with Gasteiger partial charge in [0.25, 0.3) is 5.91 Å². The van der Waals surface area contributed by atoms with Gasteiger partial charge < -0.3 is 10.1 Å². The van der Waals surface area contributed by atoms with Crippen molar-refractivity contribution in [2.24, 2.45) is 0 Å². The molecule has 4 aromatic rings. The van der Waals surface area contributed by atoms with E-state index in [1.54, 1.807) is 6.07 Å². The van der Waals surface area contributed by atoms with Crippen LogP contribution in [-0.2, 0) is 6.54 Å². The van der Waals surface area contributed by atoms with Gasteiger partial charge in [-0.1, -0.05) is 48.0 Å². The van der Waals surface area contributed by atoms with Crippen molar-refractivity contribution in [1.29, 1.82) is 0 Å². The second-order valence-electron chi connectivity index (χ2n) is 6.98. The van der Waals surface area contributed by atoms with Crippen LogP contribution in [0.25, 0.3) is 10.9 Å². The lowest BCUT2D eigenvalue weighted by Gasteiger charge is -2.11. The molecule has 0 fully saturated rings. The summed E-state index contributed by atoms with van der Waals surface area (Å²) >= 11 is 6.29. The van der Waals surface area contributed by atoms with Crippen molar-refractivity contribution in [2.75, 3.05) is 12.4 Å². The molecule has 0 saturated carbocycles. The third kappa shape index (κ3) is 3.74. The highest BCUT2D eigenvalue weighted by Crippen LogP contribution is 2.26. The highest BCUT2D eigenvalue weighted by Gasteiger charge is 2.18. The lowest BCUT2D eigenvalue weighted by Crippen LogP contribution is -2.14. The molecule has 2 aromatic heterocycles. The van der Waals surface area contributed by atoms with Crippen molar-refractivity contribution in [3.8, 4) is 5.88 Å². The molecule has 7 heteroatoms. The monoisotopic (exact) mass is 420 g/mol. The molecule has 1 amide bonds. The van der Waals surface area contributed by atoms with Gasteiger partial charge in [-0.25, -0.2) is 4.98 Å². The quantitative estimate of drug-likeness (QED) is 0.492. The maximum absolute atomic E-state index is 13.2. The number of pyridine rings is 1. The maximum atomic E-state index is 13.2. The molecule has 2 aromatic carbocycles. The van der Waals surface area contributed by atoms with Crippen LogP contribution in [0.3, 0.4) is 0 Å². The molecule has 0 aliphatic rings. The van der Waals surface area contributed by atoms with Gasteiger partial charge >= 0.3 is 0 Å². The topological polar surface area (TPSA) is 69.0 Å². The highest BCUT2D eigenvalue weighted by atomic mass is 35.5. The Labute approximate surface area is 179 Å². The number of hydrogen-bond acceptors (Lipinski definition) is 4. The van der Waals surface area contributed by atoms with Crippen LogP contribution >= 0.6 is 11.6 Å². The van der Waals surface area contributed by atoms with E-state index in [1.165, 1.54) is 7.11 Å². The number of carbonyl (C=O) groups is 1. The Bertz CT molecular complexity index is 1250. The van der Waals surface area contributed by atoms with Crippen LogP contribution in [0.5, 0.6) is 5.88 Å². The molecular weight excluding hydrogens is 400 g/mol. The molecule has 0 unspecified atom stereocenters. The van der Waals surface area contributed by atoms with Crippen molar-refractivity contribution < 1.29 is 9.53 Å². The summed E-state index contributed by atoms with van der Waals surface area (Å²) in [6.45, 7) is 4.32. The molecule has 6 nitrogen and oxygen atoms in total. The molecule has 0 aliphatic heterocycles. The number of aromatic nitrogens is 3. The number of nitrogens with zero attached hydrogens (tertiary/aromatic N) is 3. The van der Waals surface area contributed by atoms with Crippen LogP contribution in [0.1, 0.15) is 27.3 Å². The van der Waals surface area contributed by atoms with E-state index >= 15 is 0 Å². The fourth-order valence-electron chi connectivity index (χ4n) is 3.44. The Hall–Kier alpha value is -3.38. The van der Waals surface area contributed by atoms with E-state index < -0.39 is 0 Å². The standard InChI is InChI=1S/C23H21ClN4O2/c1-14-22(15(2)28(27-14)13-16-8-4-6-10-19(16)24)26-23(29)18-12-21(30-3)25-20-11-7-5-9-17(18)20/h4-12H,13H2,1-3H3,(H,26,29). The number of nitrogens with one attached hydrogen (secondary N) is 1. The first-order valence-corrected chi connectivity index (χ1v) is 9.88. The second kappa shape index (κ2) is 8.16. The van der Waals surface area contributed by atoms with E-state index in [-0.39, 0.29) is 5.91 Å². The maximum Gasteiger partial charge on any atom is 0.256 e. The molecule has 0 bridgehead atoms. The number of para-hydroxylation sites is 1. The molecule has 1 N–H and O–H groups in total. The average molecular weight is 421 g/mol. The van der Waals surface area contributed by atoms with Crippen LogP contribution in [0, 0.1) is 13.8 Å². The van der Waals surface area contributed by atoms with Gasteiger partial charge in [0.05, 0.1) is 41.8 Å². The number of fused-ring (bicyclic) bond motifs is 1. The van der Waals surface area contributed by atoms with Crippen molar-refractivity contribution in [3.63, 3.8) is 0 Å². The number of anilines is 1. The van der Waals surface area contributed by atoms with Crippen molar-refractivity contribution in [1.82, 2.24) is 14.8 Å². The second-order valence-corrected chi connectivity index (χ2v) is 7.39. The molecule has 30 heavy (non-hydrogen) atoms. The van der Waals surface area contributed by atoms with Crippen LogP contribution in [0.15, 0.2) is 54.6 Å². The zero-order valence-corrected chi connectivity index (χ0v) is 17.7. The Balaban J connectivity index is 1.67. The number of ether oxygens (including phenoxy) is 1. The largest absolute Gasteiger partial charge is 0.481 e. The Morgan fingerprint density at radius 3 is 2.63 bits per heavy atom. The van der Waals surface area contributed by atoms with Gasteiger partial charge in [0.1, 0.15) is 0 Å². The SMILES string of the molecule is COc1cc(C(=O)Nc2c(C)nn(Cc3ccccc3Cl)c2C)c2ccccc2n1. The Kier molecular flexibility index (Phi) is 5.42. The summed E-state index contributed by atoms with van der Waals surface area (Å²) in [6, 6.07) is 16.8. The first kappa shape index (κ1) is 19.9. The van der Waals surface area contributed by atoms with Gasteiger partial charge in [0.2, 0.25) is 5.88 Å². The van der Waals surface area contributed by atoms with Crippen LogP contribution in [0.2, 0.25) is 5.02 Å². The summed E-state index contributed by atoms with van der Waals surface area (Å²) < 4.78 is 7.12. The minimum absolute atomic E-state index is 0.240. The van der Waals surface area contributed by atoms with Gasteiger partial charge in [-0.3, -0.25) is 9.48 Å². The minimum Gasteiger partial charge on any atom is -0.481 e. The molecular formula is C23H21ClN4O2. The fourth-order valence-corrected chi connectivity index (χ4v) is 3.64. The Morgan fingerprint density at radius 2 is 1.87 bits per heavy atom. The number of rotatable bonds is 5. The van der Waals surface area contributed by atoms with E-state index in [2.05, 4.69) is 15.4 Å². The number of aryl methyl sites for hydroxylation is 1. The van der Waals surface area contributed by atoms with E-state index in [4.69, 9.17) is 16.3 Å². The zero-order valence-electron chi connectivity index (χ0n) is 16.9. The number of hydrogen-bond donors (Lipinski definition) is 1. The summed E-state index contributed by atoms with van der Waals surface area (Å²) in [6.07, 6.45) is 0. The summed E-state index contributed by atoms with van der Waals surface area (Å²) in [5, 5.41) is 9.06. The predicted molar refractivity (Wildman–Crippen MR) is 119 cm³/mol. The van der Waals surface area contributed by atoms with Gasteiger partial charge in [-0.2, -0.15) is 5.10 Å². The van der Waals surface area contributed by atoms with E-state index in [1.807, 2.05) is 67.1 Å². The fraction of sp³-hybridized carbons (Fsp3) is 0.174. The third-order valence-electron chi connectivity index (χ3n) is 5.04. The van der Waals surface area contributed by atoms with Crippen molar-refractivity contribution in [3.05, 3.63) is 82.1 Å². The normalized spacial score (nSPS) is 10.9. The summed E-state index contributed by atoms with van der Waals surface area (Å²) in [5.41, 5.74) is 4.43. The first-order valence-electron chi connectivity index (χ1n) is 9.50. The highest BCUT2D eigenvalue weighted by molar-refractivity contribution is 6.31. The van der Waals surface area contributed by atoms with Gasteiger partial charge in [0.15, 0.2) is 0 Å². The smallest absolute Gasteiger partial charge is 0.256 e. The van der Waals surface area contributed by atoms with Crippen LogP contribution in [-0.4, -0.2) is 27.8 Å². The molecule has 0 aliphatic carbocycles. The van der Waals surface area contributed by atoms with Crippen molar-refractivity contribution >= 4 is 34.1 Å². The molecule has 0 saturated heterocycles. The molecule has 152 valence electrons. The van der Waals surface area contributed by atoms with Gasteiger partial charge in [-0.15, -0.1) is 0 Å². The molecule has 0 radical (unpaired) electrons. The lowest BCUT2D eigenvalue weighted by atomic mass is 10.1. The number of amides is 1. The number of methoxy groups -OCH3 is 1. The number of halogens is 1. The van der Waals surface area contributed by atoms with Crippen molar-refractivity contribution in [2.45, 2.75) is 20.4 Å². The van der Waals surface area contributed by atoms with Crippen LogP contribution in [0.4, 0.5) is 5.69 Å². The van der Waals surface area contributed by atoms with E-state index in [9.17, 15) is 4.79 Å². The van der Waals surface area contributed by atoms with Crippen LogP contribution < -0.4 is 10.1 Å². The third-order valence-corrected chi connectivity index (χ3v) is 5.41. The zero-order chi connectivity index (χ0) is 21.3. The molecule has 0 spiro atoms. The molecule has 2 heterocycles. The number of carbonyl (C=O) groups excluding carboxylic acids is 1.